The SMILES string of the molecule is CCCN(CCC)C(=O)c1cc(C)cc(C(=O)N(Cc2cccc(C(F)(F)F)c2)C[C@@H](O)[C@@H](N)Cc2cc(F)cc(F)c2F)c1. The van der Waals surface area contributed by atoms with Gasteiger partial charge in [-0.05, 0) is 79.3 Å². The molecule has 0 unspecified atom stereocenters. The van der Waals surface area contributed by atoms with E-state index in [0.717, 1.165) is 35.9 Å². The van der Waals surface area contributed by atoms with Crippen LogP contribution in [-0.2, 0) is 19.1 Å². The van der Waals surface area contributed by atoms with E-state index in [-0.39, 0.29) is 29.1 Å². The van der Waals surface area contributed by atoms with Crippen LogP contribution in [0.1, 0.15) is 69.7 Å². The Morgan fingerprint density at radius 2 is 1.49 bits per heavy atom. The van der Waals surface area contributed by atoms with Gasteiger partial charge in [0.05, 0.1) is 11.7 Å². The average Bonchev–Trinajstić information content (AvgIpc) is 2.97. The third-order valence-corrected chi connectivity index (χ3v) is 7.19. The lowest BCUT2D eigenvalue weighted by molar-refractivity contribution is -0.137. The second-order valence-electron chi connectivity index (χ2n) is 11.1. The van der Waals surface area contributed by atoms with Gasteiger partial charge in [-0.25, -0.2) is 13.2 Å². The number of halogens is 6. The van der Waals surface area contributed by atoms with Crippen molar-refractivity contribution in [3.63, 3.8) is 0 Å². The van der Waals surface area contributed by atoms with Gasteiger partial charge in [-0.1, -0.05) is 26.0 Å². The van der Waals surface area contributed by atoms with Crippen LogP contribution in [-0.4, -0.2) is 58.5 Å². The first kappa shape index (κ1) is 35.6. The smallest absolute Gasteiger partial charge is 0.390 e. The lowest BCUT2D eigenvalue weighted by Crippen LogP contribution is -2.46. The lowest BCUT2D eigenvalue weighted by atomic mass is 9.99. The molecule has 12 heteroatoms. The van der Waals surface area contributed by atoms with Crippen LogP contribution in [0.3, 0.4) is 0 Å². The van der Waals surface area contributed by atoms with Gasteiger partial charge in [0.15, 0.2) is 11.6 Å². The predicted octanol–water partition coefficient (Wildman–Crippen LogP) is 6.27. The van der Waals surface area contributed by atoms with Crippen molar-refractivity contribution in [1.29, 1.82) is 0 Å². The molecular formula is C33H37F6N3O3. The second kappa shape index (κ2) is 15.4. The highest BCUT2D eigenvalue weighted by atomic mass is 19.4. The fraction of sp³-hybridized carbons (Fsp3) is 0.394. The summed E-state index contributed by atoms with van der Waals surface area (Å²) >= 11 is 0. The minimum Gasteiger partial charge on any atom is -0.390 e. The number of rotatable bonds is 13. The normalized spacial score (nSPS) is 13.0. The molecule has 3 N–H and O–H groups in total. The largest absolute Gasteiger partial charge is 0.416 e. The van der Waals surface area contributed by atoms with E-state index in [2.05, 4.69) is 0 Å². The Kier molecular flexibility index (Phi) is 12.2. The van der Waals surface area contributed by atoms with Crippen LogP contribution in [0.5, 0.6) is 0 Å². The van der Waals surface area contributed by atoms with E-state index in [4.69, 9.17) is 5.73 Å². The van der Waals surface area contributed by atoms with Crippen molar-refractivity contribution >= 4 is 11.8 Å². The second-order valence-corrected chi connectivity index (χ2v) is 11.1. The maximum absolute atomic E-state index is 14.3. The van der Waals surface area contributed by atoms with Crippen molar-refractivity contribution < 1.29 is 41.0 Å². The fourth-order valence-corrected chi connectivity index (χ4v) is 5.04. The van der Waals surface area contributed by atoms with E-state index in [9.17, 15) is 41.0 Å². The number of alkyl halides is 3. The number of nitrogens with zero attached hydrogens (tertiary/aromatic N) is 2. The Morgan fingerprint density at radius 1 is 0.889 bits per heavy atom. The Labute approximate surface area is 258 Å². The first-order valence-electron chi connectivity index (χ1n) is 14.6. The summed E-state index contributed by atoms with van der Waals surface area (Å²) in [6.07, 6.45) is -5.29. The van der Waals surface area contributed by atoms with E-state index in [0.29, 0.717) is 24.7 Å². The summed E-state index contributed by atoms with van der Waals surface area (Å²) in [4.78, 5) is 30.0. The van der Waals surface area contributed by atoms with Gasteiger partial charge in [0.1, 0.15) is 5.82 Å². The van der Waals surface area contributed by atoms with E-state index in [1.165, 1.54) is 24.3 Å². The zero-order valence-electron chi connectivity index (χ0n) is 25.3. The maximum atomic E-state index is 14.3. The van der Waals surface area contributed by atoms with Crippen LogP contribution in [0.25, 0.3) is 0 Å². The molecule has 3 aromatic carbocycles. The Morgan fingerprint density at radius 3 is 2.07 bits per heavy atom. The third-order valence-electron chi connectivity index (χ3n) is 7.19. The Bertz CT molecular complexity index is 1490. The van der Waals surface area contributed by atoms with Gasteiger partial charge < -0.3 is 20.6 Å². The summed E-state index contributed by atoms with van der Waals surface area (Å²) in [5.74, 6) is -4.82. The van der Waals surface area contributed by atoms with E-state index in [1.54, 1.807) is 17.9 Å². The highest BCUT2D eigenvalue weighted by Crippen LogP contribution is 2.30. The standard InChI is InChI=1S/C33H37F6N3O3/c1-4-9-41(10-5-2)31(44)23-11-20(3)12-24(14-23)32(45)42(18-21-7-6-8-25(13-21)33(37,38)39)19-29(43)28(40)16-22-15-26(34)17-27(35)30(22)36/h6-8,11-15,17,28-29,43H,4-5,9-10,16,18-19,40H2,1-3H3/t28-,29+/m0/s1. The molecule has 45 heavy (non-hydrogen) atoms. The van der Waals surface area contributed by atoms with Crippen molar-refractivity contribution in [2.24, 2.45) is 5.73 Å². The molecule has 0 saturated carbocycles. The topological polar surface area (TPSA) is 86.9 Å². The zero-order chi connectivity index (χ0) is 33.5. The quantitative estimate of drug-likeness (QED) is 0.171. The van der Waals surface area contributed by atoms with Gasteiger partial charge in [0, 0.05) is 49.4 Å². The molecule has 6 nitrogen and oxygen atoms in total. The van der Waals surface area contributed by atoms with Gasteiger partial charge in [0.2, 0.25) is 0 Å². The minimum atomic E-state index is -4.65. The number of benzene rings is 3. The summed E-state index contributed by atoms with van der Waals surface area (Å²) in [5.41, 5.74) is 5.67. The Hall–Kier alpha value is -3.90. The molecule has 3 aromatic rings. The molecule has 0 saturated heterocycles. The molecule has 0 aliphatic rings. The third kappa shape index (κ3) is 9.54. The van der Waals surface area contributed by atoms with Crippen LogP contribution < -0.4 is 5.73 Å². The number of carbonyl (C=O) groups excluding carboxylic acids is 2. The molecule has 2 atom stereocenters. The summed E-state index contributed by atoms with van der Waals surface area (Å²) < 4.78 is 82.0. The van der Waals surface area contributed by atoms with Crippen LogP contribution >= 0.6 is 0 Å². The number of aryl methyl sites for hydroxylation is 1. The van der Waals surface area contributed by atoms with E-state index in [1.807, 2.05) is 13.8 Å². The molecule has 0 spiro atoms. The molecule has 0 aromatic heterocycles. The molecular weight excluding hydrogens is 600 g/mol. The van der Waals surface area contributed by atoms with Crippen molar-refractivity contribution in [3.05, 3.63) is 105 Å². The predicted molar refractivity (Wildman–Crippen MR) is 158 cm³/mol. The molecule has 244 valence electrons. The van der Waals surface area contributed by atoms with E-state index < -0.39 is 65.8 Å². The molecule has 0 fully saturated rings. The number of aliphatic hydroxyl groups excluding tert-OH is 1. The van der Waals surface area contributed by atoms with Gasteiger partial charge in [-0.2, -0.15) is 13.2 Å². The number of nitrogens with two attached hydrogens (primary N) is 1. The van der Waals surface area contributed by atoms with Crippen LogP contribution in [0.2, 0.25) is 0 Å². The molecule has 3 rings (SSSR count). The van der Waals surface area contributed by atoms with E-state index >= 15 is 0 Å². The first-order valence-corrected chi connectivity index (χ1v) is 14.6. The van der Waals surface area contributed by atoms with Crippen molar-refractivity contribution in [3.8, 4) is 0 Å². The van der Waals surface area contributed by atoms with Crippen LogP contribution in [0, 0.1) is 24.4 Å². The highest BCUT2D eigenvalue weighted by Gasteiger charge is 2.31. The lowest BCUT2D eigenvalue weighted by Gasteiger charge is -2.29. The van der Waals surface area contributed by atoms with Crippen LogP contribution in [0.15, 0.2) is 54.6 Å². The summed E-state index contributed by atoms with van der Waals surface area (Å²) in [7, 11) is 0. The first-order chi connectivity index (χ1) is 21.1. The number of hydrogen-bond donors (Lipinski definition) is 2. The zero-order valence-corrected chi connectivity index (χ0v) is 25.3. The minimum absolute atomic E-state index is 0.0530. The Balaban J connectivity index is 1.97. The summed E-state index contributed by atoms with van der Waals surface area (Å²) in [5, 5.41) is 11.0. The molecule has 2 amide bonds. The van der Waals surface area contributed by atoms with Gasteiger partial charge in [0.25, 0.3) is 11.8 Å². The number of carbonyl (C=O) groups is 2. The van der Waals surface area contributed by atoms with Crippen molar-refractivity contribution in [2.45, 2.75) is 64.9 Å². The monoisotopic (exact) mass is 637 g/mol. The van der Waals surface area contributed by atoms with Gasteiger partial charge >= 0.3 is 6.18 Å². The molecule has 0 aliphatic heterocycles. The highest BCUT2D eigenvalue weighted by molar-refractivity contribution is 6.00. The van der Waals surface area contributed by atoms with Crippen molar-refractivity contribution in [1.82, 2.24) is 9.80 Å². The number of amides is 2. The molecule has 0 radical (unpaired) electrons. The fourth-order valence-electron chi connectivity index (χ4n) is 5.04. The summed E-state index contributed by atoms with van der Waals surface area (Å²) in [6.45, 7) is 5.65. The van der Waals surface area contributed by atoms with Gasteiger partial charge in [-0.3, -0.25) is 9.59 Å². The summed E-state index contributed by atoms with van der Waals surface area (Å²) in [6, 6.07) is 8.64. The average molecular weight is 638 g/mol. The van der Waals surface area contributed by atoms with Gasteiger partial charge in [-0.15, -0.1) is 0 Å². The van der Waals surface area contributed by atoms with Crippen molar-refractivity contribution in [2.75, 3.05) is 19.6 Å². The maximum Gasteiger partial charge on any atom is 0.416 e. The molecule has 0 bridgehead atoms. The molecule has 0 aliphatic carbocycles. The van der Waals surface area contributed by atoms with Crippen LogP contribution in [0.4, 0.5) is 26.3 Å². The molecule has 0 heterocycles. The number of aliphatic hydroxyl groups is 1. The number of hydrogen-bond acceptors (Lipinski definition) is 4.